The molecule has 0 unspecified atom stereocenters. The minimum Gasteiger partial charge on any atom is -0.192 e. The Kier molecular flexibility index (Phi) is 3.38. The molecule has 0 bridgehead atoms. The van der Waals surface area contributed by atoms with Gasteiger partial charge < -0.3 is 0 Å². The van der Waals surface area contributed by atoms with Gasteiger partial charge >= 0.3 is 10.1 Å². The van der Waals surface area contributed by atoms with Crippen molar-refractivity contribution < 1.29 is 17.6 Å². The van der Waals surface area contributed by atoms with Crippen LogP contribution in [-0.4, -0.2) is 20.3 Å². The molecule has 6 nitrogen and oxygen atoms in total. The van der Waals surface area contributed by atoms with Crippen LogP contribution in [0.1, 0.15) is 5.56 Å². The Morgan fingerprint density at radius 2 is 1.80 bits per heavy atom. The molecule has 0 aromatic heterocycles. The zero-order valence-corrected chi connectivity index (χ0v) is 9.11. The second-order valence-electron chi connectivity index (χ2n) is 2.94. The highest BCUT2D eigenvalue weighted by Gasteiger charge is 2.17. The maximum atomic E-state index is 11.4. The Labute approximate surface area is 87.5 Å². The van der Waals surface area contributed by atoms with Crippen molar-refractivity contribution in [2.24, 2.45) is 0 Å². The molecular formula is C8H11N2O4S+. The van der Waals surface area contributed by atoms with Gasteiger partial charge in [0, 0.05) is 0 Å². The van der Waals surface area contributed by atoms with Gasteiger partial charge in [0.1, 0.15) is 4.87 Å². The average molecular weight is 231 g/mol. The van der Waals surface area contributed by atoms with E-state index < -0.39 is 10.1 Å². The number of aryl methyl sites for hydroxylation is 1. The van der Waals surface area contributed by atoms with Crippen LogP contribution < -0.4 is 5.59 Å². The van der Waals surface area contributed by atoms with Crippen LogP contribution in [0, 0.1) is 11.8 Å². The Balaban J connectivity index is 2.87. The molecule has 0 spiro atoms. The highest BCUT2D eigenvalue weighted by atomic mass is 32.2. The topological polar surface area (TPSA) is 75.5 Å². The fourth-order valence-corrected chi connectivity index (χ4v) is 1.62. The smallest absolute Gasteiger partial charge is 0.192 e. The van der Waals surface area contributed by atoms with Crippen LogP contribution in [0.3, 0.4) is 0 Å². The molecule has 0 saturated carbocycles. The van der Waals surface area contributed by atoms with E-state index in [1.54, 1.807) is 17.7 Å². The summed E-state index contributed by atoms with van der Waals surface area (Å²) in [6.07, 6.45) is 0. The van der Waals surface area contributed by atoms with E-state index in [0.29, 0.717) is 0 Å². The monoisotopic (exact) mass is 231 g/mol. The number of nitrogens with one attached hydrogen (secondary N) is 1. The summed E-state index contributed by atoms with van der Waals surface area (Å²) < 4.78 is 27.0. The van der Waals surface area contributed by atoms with Gasteiger partial charge in [-0.25, -0.2) is 0 Å². The van der Waals surface area contributed by atoms with Crippen molar-refractivity contribution in [3.8, 4) is 0 Å². The molecule has 0 heterocycles. The summed E-state index contributed by atoms with van der Waals surface area (Å²) in [5, 5.41) is 0. The molecule has 0 aliphatic rings. The van der Waals surface area contributed by atoms with Gasteiger partial charge in [0.15, 0.2) is 0 Å². The van der Waals surface area contributed by atoms with E-state index in [4.69, 9.17) is 0 Å². The summed E-state index contributed by atoms with van der Waals surface area (Å²) in [6.45, 7) is 1.83. The van der Waals surface area contributed by atoms with Crippen LogP contribution in [0.25, 0.3) is 0 Å². The normalized spacial score (nSPS) is 11.1. The van der Waals surface area contributed by atoms with E-state index >= 15 is 0 Å². The lowest BCUT2D eigenvalue weighted by atomic mass is 10.2. The first-order valence-corrected chi connectivity index (χ1v) is 5.49. The van der Waals surface area contributed by atoms with E-state index in [9.17, 15) is 13.3 Å². The summed E-state index contributed by atoms with van der Waals surface area (Å²) in [5.41, 5.74) is 2.62. The fraction of sp³-hybridized carbons (Fsp3) is 0.250. The van der Waals surface area contributed by atoms with E-state index in [1.807, 2.05) is 6.92 Å². The molecular weight excluding hydrogens is 220 g/mol. The Hall–Kier alpha value is -1.47. The van der Waals surface area contributed by atoms with Gasteiger partial charge in [-0.05, 0) is 24.6 Å². The lowest BCUT2D eigenvalue weighted by Crippen LogP contribution is -2.26. The van der Waals surface area contributed by atoms with Crippen molar-refractivity contribution in [1.29, 1.82) is 0 Å². The molecule has 0 radical (unpaired) electrons. The zero-order valence-electron chi connectivity index (χ0n) is 8.30. The predicted molar refractivity (Wildman–Crippen MR) is 52.1 cm³/mol. The Morgan fingerprint density at radius 1 is 1.27 bits per heavy atom. The number of nitrogens with zero attached hydrogens (tertiary/aromatic N) is 1. The minimum atomic E-state index is -3.92. The molecule has 0 amide bonds. The van der Waals surface area contributed by atoms with E-state index in [0.717, 1.165) is 12.6 Å². The number of hydrogen-bond donors (Lipinski definition) is 1. The lowest BCUT2D eigenvalue weighted by Gasteiger charge is -2.01. The SMILES string of the molecule is Cc1ccc(S(=O)(=O)ON[N+](C)=O)cc1. The summed E-state index contributed by atoms with van der Waals surface area (Å²) >= 11 is 0. The quantitative estimate of drug-likeness (QED) is 0.604. The Morgan fingerprint density at radius 3 is 2.27 bits per heavy atom. The van der Waals surface area contributed by atoms with Gasteiger partial charge in [0.2, 0.25) is 7.05 Å². The molecule has 0 fully saturated rings. The van der Waals surface area contributed by atoms with Crippen molar-refractivity contribution in [2.75, 3.05) is 7.05 Å². The molecule has 0 atom stereocenters. The molecule has 82 valence electrons. The molecule has 1 aromatic rings. The van der Waals surface area contributed by atoms with Gasteiger partial charge in [-0.3, -0.25) is 0 Å². The fourth-order valence-electron chi connectivity index (χ4n) is 0.855. The predicted octanol–water partition coefficient (Wildman–Crippen LogP) is 0.529. The first-order valence-electron chi connectivity index (χ1n) is 4.08. The van der Waals surface area contributed by atoms with Crippen molar-refractivity contribution in [3.63, 3.8) is 0 Å². The lowest BCUT2D eigenvalue weighted by molar-refractivity contribution is -0.624. The highest BCUT2D eigenvalue weighted by Crippen LogP contribution is 2.11. The molecule has 15 heavy (non-hydrogen) atoms. The third-order valence-corrected chi connectivity index (χ3v) is 2.73. The zero-order chi connectivity index (χ0) is 11.5. The average Bonchev–Trinajstić information content (AvgIpc) is 2.16. The van der Waals surface area contributed by atoms with Crippen molar-refractivity contribution in [2.45, 2.75) is 11.8 Å². The molecule has 1 aromatic carbocycles. The minimum absolute atomic E-state index is 0.0116. The van der Waals surface area contributed by atoms with E-state index in [2.05, 4.69) is 4.28 Å². The van der Waals surface area contributed by atoms with Gasteiger partial charge in [0.05, 0.1) is 9.80 Å². The standard InChI is InChI=1S/C8H11N2O4S/c1-7-3-5-8(6-4-7)15(12,13)14-9-10(2)11/h3-6H,1-2H3,(H,9,11)/q+1. The van der Waals surface area contributed by atoms with Gasteiger partial charge in [-0.1, -0.05) is 22.0 Å². The van der Waals surface area contributed by atoms with E-state index in [-0.39, 0.29) is 9.76 Å². The van der Waals surface area contributed by atoms with Crippen molar-refractivity contribution in [3.05, 3.63) is 34.7 Å². The summed E-state index contributed by atoms with van der Waals surface area (Å²) in [4.78, 5) is 10.5. The van der Waals surface area contributed by atoms with Crippen molar-refractivity contribution in [1.82, 2.24) is 5.59 Å². The summed E-state index contributed by atoms with van der Waals surface area (Å²) in [7, 11) is -2.85. The van der Waals surface area contributed by atoms with Crippen LogP contribution in [0.4, 0.5) is 0 Å². The summed E-state index contributed by atoms with van der Waals surface area (Å²) in [6, 6.07) is 6.07. The van der Waals surface area contributed by atoms with Crippen LogP contribution in [-0.2, 0) is 14.4 Å². The van der Waals surface area contributed by atoms with Crippen LogP contribution in [0.2, 0.25) is 0 Å². The Bertz CT molecular complexity index is 452. The molecule has 1 rings (SSSR count). The number of hydrogen-bond acceptors (Lipinski definition) is 4. The first-order chi connectivity index (χ1) is 6.92. The molecule has 0 aliphatic heterocycles. The number of rotatable bonds is 4. The molecule has 7 heteroatoms. The molecule has 1 N–H and O–H groups in total. The molecule has 0 saturated heterocycles. The number of nitroso groups, excluding NO2 is 1. The third-order valence-electron chi connectivity index (χ3n) is 1.59. The van der Waals surface area contributed by atoms with E-state index in [1.165, 1.54) is 12.1 Å². The van der Waals surface area contributed by atoms with Gasteiger partial charge in [0.25, 0.3) is 0 Å². The largest absolute Gasteiger partial charge is 0.321 e. The van der Waals surface area contributed by atoms with Crippen molar-refractivity contribution >= 4 is 10.1 Å². The van der Waals surface area contributed by atoms with Gasteiger partial charge in [-0.15, -0.1) is 0 Å². The third kappa shape index (κ3) is 3.30. The maximum Gasteiger partial charge on any atom is 0.321 e. The van der Waals surface area contributed by atoms with Crippen LogP contribution in [0.5, 0.6) is 0 Å². The maximum absolute atomic E-state index is 11.4. The van der Waals surface area contributed by atoms with Gasteiger partial charge in [-0.2, -0.15) is 8.42 Å². The highest BCUT2D eigenvalue weighted by molar-refractivity contribution is 7.86. The first kappa shape index (κ1) is 11.6. The second-order valence-corrected chi connectivity index (χ2v) is 4.49. The summed E-state index contributed by atoms with van der Waals surface area (Å²) in [5.74, 6) is 0. The molecule has 0 aliphatic carbocycles. The second kappa shape index (κ2) is 4.37. The van der Waals surface area contributed by atoms with Crippen LogP contribution in [0.15, 0.2) is 29.2 Å². The van der Waals surface area contributed by atoms with Crippen LogP contribution >= 0.6 is 0 Å². The number of hydrazine groups is 1. The number of benzene rings is 1.